The van der Waals surface area contributed by atoms with Crippen LogP contribution in [0.4, 0.5) is 32.8 Å². The standard InChI is InChI=1S/C42H36Cl2FN5O7/c1-48(2)25-13-7-23(8-14-25)46-47-24-9-15-26(16-10-24)49-37(52)30-18-17-29-31(34(30)38(49)53)21-41(43)39(54)50(27-11-5-22(45)6-12-27)40(55)42(41,44)36(29)35-32(51)19-28(56-3)20-33(35)57-4/h5-17,19-20,30-31,34,36,51H,18,21H2,1-4H3. The average molecular weight is 813 g/mol. The third kappa shape index (κ3) is 5.77. The number of anilines is 3. The lowest BCUT2D eigenvalue weighted by molar-refractivity contribution is -0.125. The number of ether oxygens (including phenoxy) is 2. The lowest BCUT2D eigenvalue weighted by Gasteiger charge is -2.50. The van der Waals surface area contributed by atoms with Crippen molar-refractivity contribution in [2.75, 3.05) is 43.0 Å². The topological polar surface area (TPSA) is 141 Å². The number of hydrogen-bond acceptors (Lipinski definition) is 10. The molecule has 1 saturated carbocycles. The van der Waals surface area contributed by atoms with Gasteiger partial charge >= 0.3 is 0 Å². The first kappa shape index (κ1) is 38.1. The molecule has 12 nitrogen and oxygen atoms in total. The Hall–Kier alpha value is -5.79. The number of imide groups is 2. The van der Waals surface area contributed by atoms with Crippen LogP contribution in [0.15, 0.2) is 107 Å². The number of carbonyl (C=O) groups is 4. The van der Waals surface area contributed by atoms with Crippen LogP contribution in [-0.2, 0) is 19.2 Å². The van der Waals surface area contributed by atoms with Gasteiger partial charge in [0.15, 0.2) is 9.75 Å². The number of nitrogens with zero attached hydrogens (tertiary/aromatic N) is 5. The number of methoxy groups -OCH3 is 2. The third-order valence-electron chi connectivity index (χ3n) is 11.5. The molecule has 2 heterocycles. The molecule has 292 valence electrons. The number of phenols is 1. The molecule has 15 heteroatoms. The summed E-state index contributed by atoms with van der Waals surface area (Å²) in [6, 6.07) is 21.6. The Kier molecular flexibility index (Phi) is 9.35. The van der Waals surface area contributed by atoms with Crippen molar-refractivity contribution in [2.24, 2.45) is 28.0 Å². The zero-order chi connectivity index (χ0) is 40.6. The summed E-state index contributed by atoms with van der Waals surface area (Å²) in [5.74, 6) is -7.44. The van der Waals surface area contributed by atoms with E-state index in [9.17, 15) is 28.7 Å². The molecule has 2 aliphatic carbocycles. The number of hydrogen-bond donors (Lipinski definition) is 1. The minimum atomic E-state index is -2.28. The van der Waals surface area contributed by atoms with Crippen molar-refractivity contribution in [3.05, 3.63) is 108 Å². The zero-order valence-corrected chi connectivity index (χ0v) is 32.7. The summed E-state index contributed by atoms with van der Waals surface area (Å²) >= 11 is 14.9. The maximum Gasteiger partial charge on any atom is 0.258 e. The maximum absolute atomic E-state index is 14.7. The lowest BCUT2D eigenvalue weighted by Crippen LogP contribution is -2.60. The number of azo groups is 1. The first-order valence-corrected chi connectivity index (χ1v) is 18.8. The Bertz CT molecular complexity index is 2390. The van der Waals surface area contributed by atoms with Gasteiger partial charge in [-0.15, -0.1) is 23.2 Å². The smallest absolute Gasteiger partial charge is 0.258 e. The number of allylic oxidation sites excluding steroid dienone is 2. The molecule has 0 bridgehead atoms. The molecule has 6 unspecified atom stereocenters. The normalized spacial score (nSPS) is 26.7. The van der Waals surface area contributed by atoms with Crippen molar-refractivity contribution >= 4 is 75.3 Å². The molecule has 4 aromatic carbocycles. The van der Waals surface area contributed by atoms with Gasteiger partial charge < -0.3 is 19.5 Å². The number of alkyl halides is 2. The summed E-state index contributed by atoms with van der Waals surface area (Å²) in [4.78, 5) is 57.5. The molecular formula is C42H36Cl2FN5O7. The number of phenolic OH excluding ortho intramolecular Hbond substituents is 1. The number of aromatic hydroxyl groups is 1. The molecule has 1 N–H and O–H groups in total. The molecule has 0 radical (unpaired) electrons. The molecule has 57 heavy (non-hydrogen) atoms. The fourth-order valence-corrected chi connectivity index (χ4v) is 9.65. The predicted molar refractivity (Wildman–Crippen MR) is 212 cm³/mol. The zero-order valence-electron chi connectivity index (χ0n) is 31.2. The molecule has 4 amide bonds. The van der Waals surface area contributed by atoms with Gasteiger partial charge in [0.05, 0.1) is 48.8 Å². The van der Waals surface area contributed by atoms with Crippen molar-refractivity contribution in [1.82, 2.24) is 0 Å². The van der Waals surface area contributed by atoms with Gasteiger partial charge in [0, 0.05) is 43.4 Å². The van der Waals surface area contributed by atoms with Crippen LogP contribution in [0.2, 0.25) is 0 Å². The minimum absolute atomic E-state index is 0.0313. The summed E-state index contributed by atoms with van der Waals surface area (Å²) in [5, 5.41) is 20.2. The van der Waals surface area contributed by atoms with Gasteiger partial charge in [-0.2, -0.15) is 10.2 Å². The van der Waals surface area contributed by atoms with Crippen LogP contribution in [0, 0.1) is 23.6 Å². The largest absolute Gasteiger partial charge is 0.507 e. The lowest BCUT2D eigenvalue weighted by atomic mass is 9.56. The second-order valence-corrected chi connectivity index (χ2v) is 15.9. The number of halogens is 3. The number of benzene rings is 4. The van der Waals surface area contributed by atoms with E-state index in [4.69, 9.17) is 32.7 Å². The second kappa shape index (κ2) is 14.0. The minimum Gasteiger partial charge on any atom is -0.507 e. The Balaban J connectivity index is 1.18. The Morgan fingerprint density at radius 2 is 1.39 bits per heavy atom. The number of rotatable bonds is 8. The van der Waals surface area contributed by atoms with Crippen LogP contribution in [0.25, 0.3) is 0 Å². The summed E-state index contributed by atoms with van der Waals surface area (Å²) in [5.41, 5.74) is 3.00. The molecule has 0 spiro atoms. The third-order valence-corrected chi connectivity index (χ3v) is 12.9. The maximum atomic E-state index is 14.7. The van der Waals surface area contributed by atoms with E-state index in [-0.39, 0.29) is 41.3 Å². The van der Waals surface area contributed by atoms with Gasteiger partial charge in [0.1, 0.15) is 23.1 Å². The molecule has 8 rings (SSSR count). The molecule has 3 fully saturated rings. The molecule has 4 aromatic rings. The van der Waals surface area contributed by atoms with Gasteiger partial charge in [0.25, 0.3) is 11.8 Å². The molecular weight excluding hydrogens is 776 g/mol. The van der Waals surface area contributed by atoms with Crippen molar-refractivity contribution in [1.29, 1.82) is 0 Å². The summed E-state index contributed by atoms with van der Waals surface area (Å²) in [6.07, 6.45) is 1.55. The van der Waals surface area contributed by atoms with E-state index in [1.54, 1.807) is 30.3 Å². The second-order valence-electron chi connectivity index (χ2n) is 14.7. The Labute approximate surface area is 337 Å². The molecule has 2 aliphatic heterocycles. The highest BCUT2D eigenvalue weighted by Crippen LogP contribution is 2.67. The van der Waals surface area contributed by atoms with Crippen LogP contribution < -0.4 is 24.2 Å². The van der Waals surface area contributed by atoms with Crippen LogP contribution >= 0.6 is 23.2 Å². The van der Waals surface area contributed by atoms with Gasteiger partial charge in [0.2, 0.25) is 11.8 Å². The predicted octanol–water partition coefficient (Wildman–Crippen LogP) is 7.80. The van der Waals surface area contributed by atoms with Gasteiger partial charge in [-0.1, -0.05) is 11.6 Å². The SMILES string of the molecule is COc1cc(O)c(C2C3=CCC4C(=O)N(c5ccc(N=Nc6ccc(N(C)C)cc6)cc5)C(=O)C4C3CC3(Cl)C(=O)N(c4ccc(F)cc4)C(=O)C23Cl)c(OC)c1. The van der Waals surface area contributed by atoms with Crippen molar-refractivity contribution in [2.45, 2.75) is 28.5 Å². The highest BCUT2D eigenvalue weighted by atomic mass is 35.5. The highest BCUT2D eigenvalue weighted by molar-refractivity contribution is 6.58. The van der Waals surface area contributed by atoms with Crippen LogP contribution in [0.5, 0.6) is 17.2 Å². The monoisotopic (exact) mass is 811 g/mol. The summed E-state index contributed by atoms with van der Waals surface area (Å²) in [6.45, 7) is 0. The molecule has 2 saturated heterocycles. The van der Waals surface area contributed by atoms with E-state index in [0.717, 1.165) is 27.6 Å². The molecule has 4 aliphatic rings. The summed E-state index contributed by atoms with van der Waals surface area (Å²) in [7, 11) is 6.64. The molecule has 6 atom stereocenters. The number of carbonyl (C=O) groups excluding carboxylic acids is 4. The quantitative estimate of drug-likeness (QED) is 0.0823. The fraction of sp³-hybridized carbons (Fsp3) is 0.286. The van der Waals surface area contributed by atoms with E-state index in [1.165, 1.54) is 38.5 Å². The van der Waals surface area contributed by atoms with Crippen molar-refractivity contribution < 1.29 is 38.1 Å². The van der Waals surface area contributed by atoms with Gasteiger partial charge in [-0.05, 0) is 91.6 Å². The van der Waals surface area contributed by atoms with Crippen LogP contribution in [0.3, 0.4) is 0 Å². The van der Waals surface area contributed by atoms with E-state index in [0.29, 0.717) is 22.6 Å². The Morgan fingerprint density at radius 3 is 1.98 bits per heavy atom. The average Bonchev–Trinajstić information content (AvgIpc) is 3.55. The van der Waals surface area contributed by atoms with E-state index in [2.05, 4.69) is 10.2 Å². The van der Waals surface area contributed by atoms with Crippen molar-refractivity contribution in [3.63, 3.8) is 0 Å². The van der Waals surface area contributed by atoms with Crippen molar-refractivity contribution in [3.8, 4) is 17.2 Å². The van der Waals surface area contributed by atoms with E-state index in [1.807, 2.05) is 43.3 Å². The van der Waals surface area contributed by atoms with Gasteiger partial charge in [-0.25, -0.2) is 9.29 Å². The van der Waals surface area contributed by atoms with E-state index >= 15 is 0 Å². The highest BCUT2D eigenvalue weighted by Gasteiger charge is 2.77. The Morgan fingerprint density at radius 1 is 0.789 bits per heavy atom. The number of fused-ring (bicyclic) bond motifs is 4. The van der Waals surface area contributed by atoms with Crippen LogP contribution in [0.1, 0.15) is 24.3 Å². The fourth-order valence-electron chi connectivity index (χ4n) is 8.74. The number of amides is 4. The van der Waals surface area contributed by atoms with Gasteiger partial charge in [-0.3, -0.25) is 24.1 Å². The molecule has 0 aromatic heterocycles. The van der Waals surface area contributed by atoms with E-state index < -0.39 is 62.9 Å². The van der Waals surface area contributed by atoms with Crippen LogP contribution in [-0.4, -0.2) is 66.8 Å². The first-order valence-electron chi connectivity index (χ1n) is 18.1. The summed E-state index contributed by atoms with van der Waals surface area (Å²) < 4.78 is 25.1. The first-order chi connectivity index (χ1) is 27.2.